The summed E-state index contributed by atoms with van der Waals surface area (Å²) in [7, 11) is 0. The van der Waals surface area contributed by atoms with E-state index in [1.807, 2.05) is 44.2 Å². The molecule has 3 atom stereocenters. The van der Waals surface area contributed by atoms with Gasteiger partial charge in [-0.25, -0.2) is 5.48 Å². The van der Waals surface area contributed by atoms with Crippen LogP contribution in [0.15, 0.2) is 61.4 Å². The van der Waals surface area contributed by atoms with Gasteiger partial charge in [-0.1, -0.05) is 50.3 Å². The molecule has 1 unspecified atom stereocenters. The number of hydrogen-bond donors (Lipinski definition) is 4. The smallest absolute Gasteiger partial charge is 0.247 e. The van der Waals surface area contributed by atoms with E-state index < -0.39 is 29.7 Å². The minimum atomic E-state index is -0.790. The quantitative estimate of drug-likeness (QED) is 0.181. The normalized spacial score (nSPS) is 13.8. The summed E-state index contributed by atoms with van der Waals surface area (Å²) < 4.78 is 0. The number of aromatic amines is 1. The standard InChI is InChI=1S/C24H31N3O4/c1-4-8-19(24(30)27-31)20(13-16(2)3)23(29)26-21(14-17-9-6-5-7-10-17)22(28)18-11-12-25-15-18/h4-7,9-12,15-16,19-21,25,31H,1,8,13-14H2,2-3H3,(H,26,29)(H,27,30)/t19-,20-,21?/m1/s1. The fraction of sp³-hybridized carbons (Fsp3) is 0.375. The van der Waals surface area contributed by atoms with Gasteiger partial charge in [0.1, 0.15) is 0 Å². The predicted octanol–water partition coefficient (Wildman–Crippen LogP) is 3.28. The zero-order valence-electron chi connectivity index (χ0n) is 18.0. The molecule has 4 N–H and O–H groups in total. The Balaban J connectivity index is 2.31. The molecule has 2 aromatic rings. The summed E-state index contributed by atoms with van der Waals surface area (Å²) in [6.07, 6.45) is 5.77. The van der Waals surface area contributed by atoms with Crippen LogP contribution in [0.2, 0.25) is 0 Å². The summed E-state index contributed by atoms with van der Waals surface area (Å²) in [5.74, 6) is -2.63. The number of benzene rings is 1. The molecule has 2 amide bonds. The molecule has 0 saturated heterocycles. The zero-order chi connectivity index (χ0) is 22.8. The van der Waals surface area contributed by atoms with Crippen LogP contribution in [-0.2, 0) is 16.0 Å². The first-order valence-electron chi connectivity index (χ1n) is 10.4. The average Bonchev–Trinajstić information content (AvgIpc) is 3.30. The number of nitrogens with one attached hydrogen (secondary N) is 3. The number of hydrogen-bond acceptors (Lipinski definition) is 4. The van der Waals surface area contributed by atoms with Crippen LogP contribution >= 0.6 is 0 Å². The number of H-pyrrole nitrogens is 1. The van der Waals surface area contributed by atoms with Crippen molar-refractivity contribution in [1.82, 2.24) is 15.8 Å². The maximum atomic E-state index is 13.3. The van der Waals surface area contributed by atoms with Crippen LogP contribution in [0.25, 0.3) is 0 Å². The minimum absolute atomic E-state index is 0.127. The van der Waals surface area contributed by atoms with Gasteiger partial charge in [0.15, 0.2) is 5.78 Å². The van der Waals surface area contributed by atoms with Crippen molar-refractivity contribution in [1.29, 1.82) is 0 Å². The van der Waals surface area contributed by atoms with Crippen LogP contribution in [-0.4, -0.2) is 33.8 Å². The first-order chi connectivity index (χ1) is 14.9. The fourth-order valence-electron chi connectivity index (χ4n) is 3.69. The van der Waals surface area contributed by atoms with E-state index >= 15 is 0 Å². The monoisotopic (exact) mass is 425 g/mol. The Bertz CT molecular complexity index is 862. The predicted molar refractivity (Wildman–Crippen MR) is 118 cm³/mol. The molecule has 2 rings (SSSR count). The molecule has 31 heavy (non-hydrogen) atoms. The minimum Gasteiger partial charge on any atom is -0.367 e. The van der Waals surface area contributed by atoms with E-state index in [4.69, 9.17) is 5.21 Å². The van der Waals surface area contributed by atoms with Crippen LogP contribution in [0, 0.1) is 17.8 Å². The Labute approximate surface area is 182 Å². The van der Waals surface area contributed by atoms with Crippen LogP contribution < -0.4 is 10.8 Å². The van der Waals surface area contributed by atoms with Crippen LogP contribution in [0.5, 0.6) is 0 Å². The van der Waals surface area contributed by atoms with Crippen LogP contribution in [0.4, 0.5) is 0 Å². The molecule has 1 aromatic heterocycles. The maximum Gasteiger partial charge on any atom is 0.247 e. The largest absolute Gasteiger partial charge is 0.367 e. The van der Waals surface area contributed by atoms with Crippen molar-refractivity contribution >= 4 is 17.6 Å². The Morgan fingerprint density at radius 2 is 1.81 bits per heavy atom. The fourth-order valence-corrected chi connectivity index (χ4v) is 3.69. The van der Waals surface area contributed by atoms with Crippen molar-refractivity contribution in [2.24, 2.45) is 17.8 Å². The van der Waals surface area contributed by atoms with Gasteiger partial charge in [-0.3, -0.25) is 19.6 Å². The van der Waals surface area contributed by atoms with Gasteiger partial charge in [-0.2, -0.15) is 0 Å². The molecule has 0 saturated carbocycles. The maximum absolute atomic E-state index is 13.3. The van der Waals surface area contributed by atoms with Gasteiger partial charge in [-0.15, -0.1) is 6.58 Å². The van der Waals surface area contributed by atoms with Crippen molar-refractivity contribution in [3.63, 3.8) is 0 Å². The first-order valence-corrected chi connectivity index (χ1v) is 10.4. The SMILES string of the molecule is C=CC[C@@H](C(=O)NO)[C@@H](CC(C)C)C(=O)NC(Cc1ccccc1)C(=O)c1cc[nH]c1. The van der Waals surface area contributed by atoms with Crippen molar-refractivity contribution in [2.45, 2.75) is 39.2 Å². The highest BCUT2D eigenvalue weighted by Crippen LogP contribution is 2.25. The van der Waals surface area contributed by atoms with Gasteiger partial charge in [0.25, 0.3) is 0 Å². The highest BCUT2D eigenvalue weighted by molar-refractivity contribution is 6.02. The third-order valence-corrected chi connectivity index (χ3v) is 5.21. The van der Waals surface area contributed by atoms with Crippen LogP contribution in [0.1, 0.15) is 42.6 Å². The molecule has 0 bridgehead atoms. The Morgan fingerprint density at radius 3 is 2.35 bits per heavy atom. The molecule has 1 aromatic carbocycles. The zero-order valence-corrected chi connectivity index (χ0v) is 18.0. The van der Waals surface area contributed by atoms with Gasteiger partial charge in [0, 0.05) is 24.4 Å². The van der Waals surface area contributed by atoms with E-state index in [1.54, 1.807) is 30.0 Å². The van der Waals surface area contributed by atoms with Crippen molar-refractivity contribution < 1.29 is 19.6 Å². The second-order valence-electron chi connectivity index (χ2n) is 8.06. The summed E-state index contributed by atoms with van der Waals surface area (Å²) >= 11 is 0. The molecule has 0 fully saturated rings. The molecule has 0 aliphatic heterocycles. The third-order valence-electron chi connectivity index (χ3n) is 5.21. The Hall–Kier alpha value is -3.19. The molecule has 0 radical (unpaired) electrons. The van der Waals surface area contributed by atoms with Crippen molar-refractivity contribution in [2.75, 3.05) is 0 Å². The highest BCUT2D eigenvalue weighted by atomic mass is 16.5. The van der Waals surface area contributed by atoms with E-state index in [1.165, 1.54) is 0 Å². The van der Waals surface area contributed by atoms with E-state index in [9.17, 15) is 14.4 Å². The van der Waals surface area contributed by atoms with E-state index in [0.717, 1.165) is 5.56 Å². The summed E-state index contributed by atoms with van der Waals surface area (Å²) in [6, 6.07) is 10.3. The van der Waals surface area contributed by atoms with Crippen molar-refractivity contribution in [3.05, 3.63) is 72.6 Å². The molecular weight excluding hydrogens is 394 g/mol. The van der Waals surface area contributed by atoms with Gasteiger partial charge < -0.3 is 10.3 Å². The number of hydroxylamine groups is 1. The van der Waals surface area contributed by atoms with Gasteiger partial charge in [0.05, 0.1) is 17.9 Å². The van der Waals surface area contributed by atoms with E-state index in [0.29, 0.717) is 18.4 Å². The Kier molecular flexibility index (Phi) is 9.21. The number of amides is 2. The molecule has 1 heterocycles. The molecule has 0 aliphatic rings. The van der Waals surface area contributed by atoms with Gasteiger partial charge in [0.2, 0.25) is 11.8 Å². The topological polar surface area (TPSA) is 111 Å². The van der Waals surface area contributed by atoms with E-state index in [2.05, 4.69) is 16.9 Å². The second-order valence-corrected chi connectivity index (χ2v) is 8.06. The number of rotatable bonds is 12. The first kappa shape index (κ1) is 24.1. The summed E-state index contributed by atoms with van der Waals surface area (Å²) in [6.45, 7) is 7.57. The number of Topliss-reactive ketones (excluding diaryl/α,β-unsaturated/α-hetero) is 1. The molecule has 0 aliphatic carbocycles. The average molecular weight is 426 g/mol. The van der Waals surface area contributed by atoms with Gasteiger partial charge in [-0.05, 0) is 30.4 Å². The molecule has 7 nitrogen and oxygen atoms in total. The van der Waals surface area contributed by atoms with Crippen molar-refractivity contribution in [3.8, 4) is 0 Å². The summed E-state index contributed by atoms with van der Waals surface area (Å²) in [5.41, 5.74) is 3.04. The third kappa shape index (κ3) is 6.93. The van der Waals surface area contributed by atoms with Gasteiger partial charge >= 0.3 is 0 Å². The lowest BCUT2D eigenvalue weighted by Crippen LogP contribution is -2.48. The number of carbonyl (C=O) groups excluding carboxylic acids is 3. The Morgan fingerprint density at radius 1 is 1.10 bits per heavy atom. The lowest BCUT2D eigenvalue weighted by atomic mass is 9.81. The highest BCUT2D eigenvalue weighted by Gasteiger charge is 2.35. The van der Waals surface area contributed by atoms with E-state index in [-0.39, 0.29) is 18.1 Å². The summed E-state index contributed by atoms with van der Waals surface area (Å²) in [5, 5.41) is 12.0. The number of aromatic nitrogens is 1. The molecular formula is C24H31N3O4. The molecule has 0 spiro atoms. The number of allylic oxidation sites excluding steroid dienone is 1. The lowest BCUT2D eigenvalue weighted by molar-refractivity contribution is -0.140. The lowest BCUT2D eigenvalue weighted by Gasteiger charge is -2.27. The molecule has 7 heteroatoms. The second kappa shape index (κ2) is 11.9. The number of ketones is 1. The number of carbonyl (C=O) groups is 3. The molecule has 166 valence electrons. The van der Waals surface area contributed by atoms with Crippen LogP contribution in [0.3, 0.4) is 0 Å². The summed E-state index contributed by atoms with van der Waals surface area (Å²) in [4.78, 5) is 41.6.